The van der Waals surface area contributed by atoms with Gasteiger partial charge in [-0.25, -0.2) is 0 Å². The molecule has 0 aromatic rings. The first kappa shape index (κ1) is 45.1. The number of hydrogen-bond donors (Lipinski definition) is 0. The predicted octanol–water partition coefficient (Wildman–Crippen LogP) is 2.67. The number of rotatable bonds is 5. The Morgan fingerprint density at radius 2 is 0.355 bits per heavy atom. The van der Waals surface area contributed by atoms with E-state index < -0.39 is 28.0 Å². The summed E-state index contributed by atoms with van der Waals surface area (Å²) in [5.74, 6) is 0. The van der Waals surface area contributed by atoms with Crippen molar-refractivity contribution in [3.05, 3.63) is 0 Å². The molecule has 0 fully saturated rings. The van der Waals surface area contributed by atoms with Gasteiger partial charge in [-0.15, -0.1) is 28.0 Å². The third-order valence-electron chi connectivity index (χ3n) is 4.26. The van der Waals surface area contributed by atoms with E-state index in [9.17, 15) is 25.5 Å². The Morgan fingerprint density at radius 1 is 0.323 bits per heavy atom. The van der Waals surface area contributed by atoms with Gasteiger partial charge in [0, 0.05) is 0 Å². The molecule has 0 N–H and O–H groups in total. The zero-order valence-electron chi connectivity index (χ0n) is 23.5. The van der Waals surface area contributed by atoms with Crippen molar-refractivity contribution in [1.82, 2.24) is 0 Å². The van der Waals surface area contributed by atoms with Crippen molar-refractivity contribution in [2.24, 2.45) is 0 Å². The summed E-state index contributed by atoms with van der Waals surface area (Å²) in [4.78, 5) is 0. The average molecular weight is 617 g/mol. The van der Waals surface area contributed by atoms with Crippen molar-refractivity contribution in [2.45, 2.75) is 164 Å². The van der Waals surface area contributed by atoms with Crippen LogP contribution in [0.15, 0.2) is 0 Å². The fourth-order valence-corrected chi connectivity index (χ4v) is 0. The van der Waals surface area contributed by atoms with Gasteiger partial charge in [0.2, 0.25) is 0 Å². The molecule has 0 heterocycles. The van der Waals surface area contributed by atoms with E-state index in [2.05, 4.69) is 0 Å². The molecule has 0 aromatic heterocycles. The summed E-state index contributed by atoms with van der Waals surface area (Å²) in [6.45, 7) is 26.4. The van der Waals surface area contributed by atoms with Gasteiger partial charge in [0.1, 0.15) is 0 Å². The molecule has 0 radical (unpaired) electrons. The summed E-state index contributed by atoms with van der Waals surface area (Å²) in [6, 6.07) is 0. The van der Waals surface area contributed by atoms with Gasteiger partial charge in [-0.3, -0.25) is 0 Å². The Morgan fingerprint density at radius 3 is 0.355 bits per heavy atom. The Balaban J connectivity index is -0.0000000625. The van der Waals surface area contributed by atoms with Crippen molar-refractivity contribution < 1.29 is 47.9 Å². The van der Waals surface area contributed by atoms with E-state index in [1.54, 1.807) is 69.2 Å². The van der Waals surface area contributed by atoms with Crippen LogP contribution >= 0.6 is 0 Å². The minimum absolute atomic E-state index is 0. The predicted molar refractivity (Wildman–Crippen MR) is 122 cm³/mol. The van der Waals surface area contributed by atoms with Gasteiger partial charge in [-0.2, -0.15) is 0 Å². The molecule has 0 atom stereocenters. The summed E-state index contributed by atoms with van der Waals surface area (Å²) < 4.78 is 0. The second-order valence-electron chi connectivity index (χ2n) is 10.6. The Bertz CT molecular complexity index is 256. The summed E-state index contributed by atoms with van der Waals surface area (Å²) in [7, 11) is 0. The zero-order chi connectivity index (χ0) is 26.0. The molecular weight excluding hydrogens is 561 g/mol. The van der Waals surface area contributed by atoms with Crippen molar-refractivity contribution in [1.29, 1.82) is 0 Å². The molecule has 5 nitrogen and oxygen atoms in total. The molecule has 0 spiro atoms. The van der Waals surface area contributed by atoms with Crippen molar-refractivity contribution in [3.8, 4) is 0 Å². The third kappa shape index (κ3) is 103. The number of hydrogen-bond acceptors (Lipinski definition) is 5. The van der Waals surface area contributed by atoms with Crippen LogP contribution in [0.3, 0.4) is 0 Å². The van der Waals surface area contributed by atoms with Crippen LogP contribution in [0.1, 0.15) is 136 Å². The smallest absolute Gasteiger partial charge is 0.850 e. The molecule has 0 rings (SSSR count). The maximum atomic E-state index is 10.5. The molecule has 0 aliphatic rings. The fraction of sp³-hybridized carbons (Fsp3) is 1.00. The van der Waals surface area contributed by atoms with E-state index in [4.69, 9.17) is 0 Å². The monoisotopic (exact) mass is 616 g/mol. The maximum absolute atomic E-state index is 10.5. The van der Waals surface area contributed by atoms with Crippen LogP contribution in [0.2, 0.25) is 0 Å². The van der Waals surface area contributed by atoms with Crippen molar-refractivity contribution in [2.75, 3.05) is 0 Å². The maximum Gasteiger partial charge on any atom is 5.00 e. The van der Waals surface area contributed by atoms with Crippen LogP contribution < -0.4 is 25.5 Å². The Kier molecular flexibility index (Phi) is 30.7. The molecule has 0 bridgehead atoms. The van der Waals surface area contributed by atoms with E-state index in [1.807, 2.05) is 34.6 Å². The van der Waals surface area contributed by atoms with E-state index in [0.29, 0.717) is 32.1 Å². The minimum atomic E-state index is -0.708. The molecule has 0 saturated heterocycles. The summed E-state index contributed by atoms with van der Waals surface area (Å²) >= 11 is 0. The van der Waals surface area contributed by atoms with Crippen LogP contribution in [-0.4, -0.2) is 28.0 Å². The second kappa shape index (κ2) is 21.1. The first-order valence-corrected chi connectivity index (χ1v) is 11.3. The SMILES string of the molecule is CCC(C)(C)[O-].CCC(C)(C)[O-].CCC(C)(C)[O-].CCC(C)(C)[O-].CCC(C)(C)[O-].[Ta+5]. The molecule has 190 valence electrons. The quantitative estimate of drug-likeness (QED) is 0.471. The van der Waals surface area contributed by atoms with Crippen LogP contribution in [0.4, 0.5) is 0 Å². The molecule has 0 aromatic carbocycles. The second-order valence-corrected chi connectivity index (χ2v) is 10.6. The van der Waals surface area contributed by atoms with E-state index >= 15 is 0 Å². The molecule has 0 saturated carbocycles. The molecule has 0 aliphatic carbocycles. The zero-order valence-corrected chi connectivity index (χ0v) is 26.7. The molecule has 0 unspecified atom stereocenters. The van der Waals surface area contributed by atoms with E-state index in [-0.39, 0.29) is 22.4 Å². The summed E-state index contributed by atoms with van der Waals surface area (Å²) in [6.07, 6.45) is 3.58. The van der Waals surface area contributed by atoms with Gasteiger partial charge in [0.05, 0.1) is 0 Å². The Hall–Kier alpha value is 0.540. The average Bonchev–Trinajstić information content (AvgIpc) is 2.54. The van der Waals surface area contributed by atoms with Gasteiger partial charge in [-0.1, -0.05) is 136 Å². The molecular formula is C25H55O5Ta. The van der Waals surface area contributed by atoms with E-state index in [1.165, 1.54) is 0 Å². The summed E-state index contributed by atoms with van der Waals surface area (Å²) in [5, 5.41) is 52.4. The first-order valence-electron chi connectivity index (χ1n) is 11.3. The van der Waals surface area contributed by atoms with Crippen LogP contribution in [-0.2, 0) is 22.4 Å². The van der Waals surface area contributed by atoms with Gasteiger partial charge in [-0.05, 0) is 0 Å². The third-order valence-corrected chi connectivity index (χ3v) is 4.26. The Labute approximate surface area is 211 Å². The van der Waals surface area contributed by atoms with Crippen molar-refractivity contribution >= 4 is 0 Å². The van der Waals surface area contributed by atoms with Crippen LogP contribution in [0, 0.1) is 0 Å². The van der Waals surface area contributed by atoms with Crippen LogP contribution in [0.25, 0.3) is 0 Å². The largest absolute Gasteiger partial charge is 5.00 e. The van der Waals surface area contributed by atoms with Crippen molar-refractivity contribution in [3.63, 3.8) is 0 Å². The summed E-state index contributed by atoms with van der Waals surface area (Å²) in [5.41, 5.74) is -3.54. The topological polar surface area (TPSA) is 115 Å². The van der Waals surface area contributed by atoms with Gasteiger partial charge < -0.3 is 25.5 Å². The fourth-order valence-electron chi connectivity index (χ4n) is 0. The molecule has 31 heavy (non-hydrogen) atoms. The normalized spacial score (nSPS) is 11.6. The van der Waals surface area contributed by atoms with Gasteiger partial charge in [0.15, 0.2) is 0 Å². The van der Waals surface area contributed by atoms with Crippen LogP contribution in [0.5, 0.6) is 0 Å². The standard InChI is InChI=1S/5C5H11O.Ta/c5*1-4-5(2,3)6;/h5*4H2,1-3H3;/q5*-1;+5. The molecule has 0 amide bonds. The molecule has 0 aliphatic heterocycles. The van der Waals surface area contributed by atoms with Gasteiger partial charge in [0.25, 0.3) is 0 Å². The first-order chi connectivity index (χ1) is 12.8. The van der Waals surface area contributed by atoms with Gasteiger partial charge >= 0.3 is 22.4 Å². The van der Waals surface area contributed by atoms with E-state index in [0.717, 1.165) is 0 Å². The minimum Gasteiger partial charge on any atom is -0.850 e. The molecule has 6 heteroatoms.